The zero-order valence-corrected chi connectivity index (χ0v) is 10.7. The summed E-state index contributed by atoms with van der Waals surface area (Å²) in [6, 6.07) is 0. The third kappa shape index (κ3) is 5.25. The summed E-state index contributed by atoms with van der Waals surface area (Å²) >= 11 is 2.87. The molecule has 0 radical (unpaired) electrons. The van der Waals surface area contributed by atoms with Crippen molar-refractivity contribution in [3.8, 4) is 0 Å². The summed E-state index contributed by atoms with van der Waals surface area (Å²) in [4.78, 5) is 22.0. The van der Waals surface area contributed by atoms with Crippen LogP contribution in [0.3, 0.4) is 0 Å². The number of carboxylic acid groups (broad SMARTS) is 1. The molecule has 0 heterocycles. The molecule has 0 aromatic heterocycles. The second kappa shape index (κ2) is 5.58. The molecule has 0 aromatic carbocycles. The Morgan fingerprint density at radius 1 is 1.40 bits per heavy atom. The Morgan fingerprint density at radius 2 is 1.87 bits per heavy atom. The van der Waals surface area contributed by atoms with Gasteiger partial charge < -0.3 is 19.5 Å². The molecule has 88 valence electrons. The van der Waals surface area contributed by atoms with Crippen molar-refractivity contribution in [2.45, 2.75) is 6.10 Å². The maximum Gasteiger partial charge on any atom is 0.154 e. The zero-order chi connectivity index (χ0) is 12.2. The van der Waals surface area contributed by atoms with Gasteiger partial charge in [0.2, 0.25) is 0 Å². The van der Waals surface area contributed by atoms with Crippen LogP contribution in [0.5, 0.6) is 0 Å². The van der Waals surface area contributed by atoms with E-state index in [9.17, 15) is 19.8 Å². The molecule has 0 amide bonds. The van der Waals surface area contributed by atoms with E-state index in [1.807, 2.05) is 0 Å². The number of Topliss-reactive ketones (excluding diaryl/α,β-unsaturated/α-hetero) is 1. The maximum atomic E-state index is 11.2. The van der Waals surface area contributed by atoms with Crippen molar-refractivity contribution in [3.63, 3.8) is 0 Å². The highest BCUT2D eigenvalue weighted by Crippen LogP contribution is 2.10. The molecule has 15 heavy (non-hydrogen) atoms. The average molecular weight is 282 g/mol. The lowest BCUT2D eigenvalue weighted by Gasteiger charge is -2.30. The molecule has 2 atom stereocenters. The van der Waals surface area contributed by atoms with E-state index < -0.39 is 23.8 Å². The van der Waals surface area contributed by atoms with Gasteiger partial charge in [0.25, 0.3) is 0 Å². The Labute approximate surface area is 97.4 Å². The Morgan fingerprint density at radius 3 is 2.13 bits per heavy atom. The quantitative estimate of drug-likeness (QED) is 0.361. The van der Waals surface area contributed by atoms with Crippen LogP contribution in [0.25, 0.3) is 0 Å². The molecule has 2 unspecified atom stereocenters. The summed E-state index contributed by atoms with van der Waals surface area (Å²) < 4.78 is 0.376. The first-order chi connectivity index (χ1) is 6.69. The highest BCUT2D eigenvalue weighted by Gasteiger charge is 2.30. The van der Waals surface area contributed by atoms with Crippen LogP contribution in [-0.2, 0) is 9.59 Å². The van der Waals surface area contributed by atoms with Gasteiger partial charge in [-0.2, -0.15) is 0 Å². The average Bonchev–Trinajstić information content (AvgIpc) is 1.99. The molecular formula is C9H16BrNO4. The highest BCUT2D eigenvalue weighted by molar-refractivity contribution is 9.09. The Bertz CT molecular complexity index is 249. The minimum atomic E-state index is -1.53. The lowest BCUT2D eigenvalue weighted by atomic mass is 9.98. The SMILES string of the molecule is C[N+](C)(C)CC(O)C(C(=O)[O-])C(=O)CBr. The van der Waals surface area contributed by atoms with Crippen molar-refractivity contribution in [2.24, 2.45) is 5.92 Å². The van der Waals surface area contributed by atoms with Gasteiger partial charge in [-0.15, -0.1) is 0 Å². The number of carbonyl (C=O) groups excluding carboxylic acids is 2. The van der Waals surface area contributed by atoms with Crippen molar-refractivity contribution in [1.82, 2.24) is 0 Å². The lowest BCUT2D eigenvalue weighted by Crippen LogP contribution is -2.51. The normalized spacial score (nSPS) is 15.8. The number of carbonyl (C=O) groups is 2. The molecule has 0 spiro atoms. The zero-order valence-electron chi connectivity index (χ0n) is 9.07. The standard InChI is InChI=1S/C9H16BrNO4/c1-11(2,3)5-7(13)8(9(14)15)6(12)4-10/h7-8,13H,4-5H2,1-3H3. The Balaban J connectivity index is 4.64. The van der Waals surface area contributed by atoms with Gasteiger partial charge in [-0.25, -0.2) is 0 Å². The number of nitrogens with zero attached hydrogens (tertiary/aromatic N) is 1. The number of rotatable bonds is 6. The fourth-order valence-electron chi connectivity index (χ4n) is 1.25. The van der Waals surface area contributed by atoms with Crippen LogP contribution in [0.15, 0.2) is 0 Å². The van der Waals surface area contributed by atoms with Crippen LogP contribution in [0, 0.1) is 5.92 Å². The lowest BCUT2D eigenvalue weighted by molar-refractivity contribution is -0.873. The fourth-order valence-corrected chi connectivity index (χ4v) is 1.60. The van der Waals surface area contributed by atoms with E-state index in [0.717, 1.165) is 0 Å². The highest BCUT2D eigenvalue weighted by atomic mass is 79.9. The van der Waals surface area contributed by atoms with E-state index in [4.69, 9.17) is 0 Å². The van der Waals surface area contributed by atoms with E-state index in [0.29, 0.717) is 4.48 Å². The molecule has 0 rings (SSSR count). The van der Waals surface area contributed by atoms with Gasteiger partial charge in [0.1, 0.15) is 12.6 Å². The predicted molar refractivity (Wildman–Crippen MR) is 56.2 cm³/mol. The molecular weight excluding hydrogens is 266 g/mol. The van der Waals surface area contributed by atoms with Crippen LogP contribution in [0.4, 0.5) is 0 Å². The van der Waals surface area contributed by atoms with Gasteiger partial charge in [0, 0.05) is 0 Å². The largest absolute Gasteiger partial charge is 0.549 e. The summed E-state index contributed by atoms with van der Waals surface area (Å²) in [6.07, 6.45) is -1.22. The van der Waals surface area contributed by atoms with Gasteiger partial charge in [-0.05, 0) is 0 Å². The first-order valence-corrected chi connectivity index (χ1v) is 5.59. The molecule has 1 N–H and O–H groups in total. The summed E-state index contributed by atoms with van der Waals surface area (Å²) in [5, 5.41) is 20.2. The van der Waals surface area contributed by atoms with E-state index in [-0.39, 0.29) is 11.9 Å². The number of alkyl halides is 1. The minimum absolute atomic E-state index is 0.0974. The fraction of sp³-hybridized carbons (Fsp3) is 0.778. The smallest absolute Gasteiger partial charge is 0.154 e. The van der Waals surface area contributed by atoms with Gasteiger partial charge in [0.15, 0.2) is 5.78 Å². The van der Waals surface area contributed by atoms with Crippen LogP contribution in [0.2, 0.25) is 0 Å². The Hall–Kier alpha value is -0.460. The van der Waals surface area contributed by atoms with Crippen molar-refractivity contribution < 1.29 is 24.3 Å². The van der Waals surface area contributed by atoms with Gasteiger partial charge in [-0.1, -0.05) is 15.9 Å². The molecule has 5 nitrogen and oxygen atoms in total. The van der Waals surface area contributed by atoms with Crippen LogP contribution in [0.1, 0.15) is 0 Å². The van der Waals surface area contributed by atoms with Crippen LogP contribution in [-0.4, -0.2) is 60.5 Å². The number of hydrogen-bond donors (Lipinski definition) is 1. The topological polar surface area (TPSA) is 77.4 Å². The summed E-state index contributed by atoms with van der Waals surface area (Å²) in [5.74, 6) is -3.56. The number of hydrogen-bond acceptors (Lipinski definition) is 4. The number of ketones is 1. The predicted octanol–water partition coefficient (Wildman–Crippen LogP) is -1.62. The minimum Gasteiger partial charge on any atom is -0.549 e. The number of aliphatic carboxylic acids is 1. The molecule has 0 aliphatic carbocycles. The molecule has 0 aliphatic rings. The van der Waals surface area contributed by atoms with Crippen molar-refractivity contribution in [1.29, 1.82) is 0 Å². The third-order valence-electron chi connectivity index (χ3n) is 1.85. The van der Waals surface area contributed by atoms with Gasteiger partial charge >= 0.3 is 0 Å². The molecule has 0 fully saturated rings. The molecule has 0 aliphatic heterocycles. The summed E-state index contributed by atoms with van der Waals surface area (Å²) in [6.45, 7) is 0.178. The van der Waals surface area contributed by atoms with E-state index in [1.165, 1.54) is 0 Å². The summed E-state index contributed by atoms with van der Waals surface area (Å²) in [7, 11) is 5.40. The van der Waals surface area contributed by atoms with Crippen molar-refractivity contribution >= 4 is 27.7 Å². The maximum absolute atomic E-state index is 11.2. The van der Waals surface area contributed by atoms with Crippen LogP contribution >= 0.6 is 15.9 Å². The molecule has 0 saturated carbocycles. The first kappa shape index (κ1) is 14.5. The van der Waals surface area contributed by atoms with Crippen molar-refractivity contribution in [3.05, 3.63) is 0 Å². The third-order valence-corrected chi connectivity index (χ3v) is 2.40. The molecule has 6 heteroatoms. The Kier molecular flexibility index (Phi) is 5.41. The molecule has 0 aromatic rings. The van der Waals surface area contributed by atoms with E-state index in [1.54, 1.807) is 21.1 Å². The number of quaternary nitrogens is 1. The van der Waals surface area contributed by atoms with Gasteiger partial charge in [0.05, 0.1) is 38.4 Å². The van der Waals surface area contributed by atoms with E-state index >= 15 is 0 Å². The second-order valence-electron chi connectivity index (χ2n) is 4.44. The first-order valence-electron chi connectivity index (χ1n) is 4.47. The number of aliphatic hydroxyl groups excluding tert-OH is 1. The monoisotopic (exact) mass is 281 g/mol. The van der Waals surface area contributed by atoms with Gasteiger partial charge in [-0.3, -0.25) is 4.79 Å². The number of aliphatic hydroxyl groups is 1. The number of halogens is 1. The second-order valence-corrected chi connectivity index (χ2v) is 5.00. The van der Waals surface area contributed by atoms with E-state index in [2.05, 4.69) is 15.9 Å². The summed E-state index contributed by atoms with van der Waals surface area (Å²) in [5.41, 5.74) is 0. The number of carboxylic acids is 1. The van der Waals surface area contributed by atoms with Crippen LogP contribution < -0.4 is 5.11 Å². The molecule has 0 saturated heterocycles. The molecule has 0 bridgehead atoms. The van der Waals surface area contributed by atoms with Crippen molar-refractivity contribution in [2.75, 3.05) is 33.0 Å². The number of likely N-dealkylation sites (N-methyl/N-ethyl adjacent to an activating group) is 1.